The fourth-order valence-electron chi connectivity index (χ4n) is 2.66. The summed E-state index contributed by atoms with van der Waals surface area (Å²) in [6, 6.07) is 9.47. The maximum atomic E-state index is 12.3. The van der Waals surface area contributed by atoms with Crippen molar-refractivity contribution in [2.24, 2.45) is 0 Å². The average molecular weight is 312 g/mol. The molecule has 1 unspecified atom stereocenters. The van der Waals surface area contributed by atoms with E-state index in [2.05, 4.69) is 15.7 Å². The summed E-state index contributed by atoms with van der Waals surface area (Å²) in [5, 5.41) is 9.83. The summed E-state index contributed by atoms with van der Waals surface area (Å²) in [5.74, 6) is -0.362. The fourth-order valence-corrected chi connectivity index (χ4v) is 2.66. The smallest absolute Gasteiger partial charge is 0.255 e. The second-order valence-corrected chi connectivity index (χ2v) is 5.73. The molecule has 120 valence electrons. The van der Waals surface area contributed by atoms with Crippen molar-refractivity contribution < 1.29 is 9.59 Å². The van der Waals surface area contributed by atoms with Crippen LogP contribution in [0, 0.1) is 0 Å². The van der Waals surface area contributed by atoms with Crippen molar-refractivity contribution in [3.05, 3.63) is 53.9 Å². The van der Waals surface area contributed by atoms with Gasteiger partial charge in [-0.25, -0.2) is 0 Å². The Kier molecular flexibility index (Phi) is 4.71. The van der Waals surface area contributed by atoms with E-state index in [0.717, 1.165) is 18.4 Å². The lowest BCUT2D eigenvalue weighted by Crippen LogP contribution is -2.45. The van der Waals surface area contributed by atoms with Gasteiger partial charge in [-0.3, -0.25) is 14.3 Å². The molecule has 2 N–H and O–H groups in total. The van der Waals surface area contributed by atoms with Crippen LogP contribution in [-0.2, 0) is 11.3 Å². The Morgan fingerprint density at radius 3 is 2.96 bits per heavy atom. The predicted octanol–water partition coefficient (Wildman–Crippen LogP) is 1.33. The zero-order chi connectivity index (χ0) is 16.1. The zero-order valence-electron chi connectivity index (χ0n) is 12.9. The normalized spacial score (nSPS) is 18.1. The van der Waals surface area contributed by atoms with E-state index in [4.69, 9.17) is 0 Å². The highest BCUT2D eigenvalue weighted by molar-refractivity contribution is 5.97. The van der Waals surface area contributed by atoms with Gasteiger partial charge in [-0.15, -0.1) is 0 Å². The minimum absolute atomic E-state index is 0.104. The number of carbonyl (C=O) groups is 2. The van der Waals surface area contributed by atoms with E-state index >= 15 is 0 Å². The largest absolute Gasteiger partial charge is 0.354 e. The molecular formula is C17H20N4O2. The number of nitrogens with zero attached hydrogens (tertiary/aromatic N) is 2. The summed E-state index contributed by atoms with van der Waals surface area (Å²) in [6.45, 7) is 1.29. The molecule has 6 heteroatoms. The molecule has 1 atom stereocenters. The first kappa shape index (κ1) is 15.3. The molecular weight excluding hydrogens is 292 g/mol. The Bertz CT molecular complexity index is 681. The standard InChI is InChI=1S/C17H20N4O2/c22-16(20-15-8-4-5-9-18-17(15)23)14-10-19-21(12-14)11-13-6-2-1-3-7-13/h1-3,6-7,10,12,15H,4-5,8-9,11H2,(H,18,23)(H,20,22). The maximum Gasteiger partial charge on any atom is 0.255 e. The van der Waals surface area contributed by atoms with Crippen molar-refractivity contribution in [2.75, 3.05) is 6.54 Å². The van der Waals surface area contributed by atoms with E-state index in [0.29, 0.717) is 25.1 Å². The summed E-state index contributed by atoms with van der Waals surface area (Å²) in [6.07, 6.45) is 5.80. The number of nitrogens with one attached hydrogen (secondary N) is 2. The van der Waals surface area contributed by atoms with Gasteiger partial charge in [-0.1, -0.05) is 30.3 Å². The van der Waals surface area contributed by atoms with Crippen LogP contribution in [0.2, 0.25) is 0 Å². The molecule has 0 saturated carbocycles. The van der Waals surface area contributed by atoms with Gasteiger partial charge in [-0.2, -0.15) is 5.10 Å². The molecule has 0 spiro atoms. The van der Waals surface area contributed by atoms with Crippen molar-refractivity contribution in [2.45, 2.75) is 31.8 Å². The lowest BCUT2D eigenvalue weighted by molar-refractivity contribution is -0.122. The molecule has 23 heavy (non-hydrogen) atoms. The van der Waals surface area contributed by atoms with Gasteiger partial charge in [-0.05, 0) is 24.8 Å². The van der Waals surface area contributed by atoms with Gasteiger partial charge in [0, 0.05) is 12.7 Å². The molecule has 0 bridgehead atoms. The molecule has 1 fully saturated rings. The van der Waals surface area contributed by atoms with Crippen LogP contribution in [0.25, 0.3) is 0 Å². The summed E-state index contributed by atoms with van der Waals surface area (Å²) in [7, 11) is 0. The van der Waals surface area contributed by atoms with Crippen LogP contribution in [0.15, 0.2) is 42.7 Å². The van der Waals surface area contributed by atoms with Crippen molar-refractivity contribution in [1.29, 1.82) is 0 Å². The highest BCUT2D eigenvalue weighted by atomic mass is 16.2. The van der Waals surface area contributed by atoms with Gasteiger partial charge in [0.25, 0.3) is 5.91 Å². The third-order valence-corrected chi connectivity index (χ3v) is 3.92. The zero-order valence-corrected chi connectivity index (χ0v) is 12.9. The van der Waals surface area contributed by atoms with Gasteiger partial charge in [0.1, 0.15) is 6.04 Å². The summed E-state index contributed by atoms with van der Waals surface area (Å²) in [4.78, 5) is 24.2. The second-order valence-electron chi connectivity index (χ2n) is 5.73. The van der Waals surface area contributed by atoms with Gasteiger partial charge < -0.3 is 10.6 Å². The predicted molar refractivity (Wildman–Crippen MR) is 85.9 cm³/mol. The quantitative estimate of drug-likeness (QED) is 0.894. The first-order chi connectivity index (χ1) is 11.2. The fraction of sp³-hybridized carbons (Fsp3) is 0.353. The number of hydrogen-bond donors (Lipinski definition) is 2. The van der Waals surface area contributed by atoms with Crippen LogP contribution < -0.4 is 10.6 Å². The summed E-state index contributed by atoms with van der Waals surface area (Å²) in [5.41, 5.74) is 1.59. The lowest BCUT2D eigenvalue weighted by Gasteiger charge is -2.14. The number of rotatable bonds is 4. The number of carbonyl (C=O) groups excluding carboxylic acids is 2. The Morgan fingerprint density at radius 2 is 2.13 bits per heavy atom. The third kappa shape index (κ3) is 3.97. The summed E-state index contributed by atoms with van der Waals surface area (Å²) >= 11 is 0. The van der Waals surface area contributed by atoms with Gasteiger partial charge in [0.05, 0.1) is 18.3 Å². The van der Waals surface area contributed by atoms with Crippen LogP contribution in [0.3, 0.4) is 0 Å². The molecule has 1 aromatic carbocycles. The number of benzene rings is 1. The molecule has 0 radical (unpaired) electrons. The molecule has 0 aliphatic carbocycles. The molecule has 2 aromatic rings. The van der Waals surface area contributed by atoms with Crippen LogP contribution >= 0.6 is 0 Å². The van der Waals surface area contributed by atoms with Crippen LogP contribution in [0.5, 0.6) is 0 Å². The van der Waals surface area contributed by atoms with Crippen molar-refractivity contribution >= 4 is 11.8 Å². The number of hydrogen-bond acceptors (Lipinski definition) is 3. The highest BCUT2D eigenvalue weighted by Crippen LogP contribution is 2.08. The first-order valence-corrected chi connectivity index (χ1v) is 7.87. The number of amides is 2. The van der Waals surface area contributed by atoms with Gasteiger partial charge >= 0.3 is 0 Å². The molecule has 1 aromatic heterocycles. The Balaban J connectivity index is 1.63. The molecule has 3 rings (SSSR count). The van der Waals surface area contributed by atoms with Gasteiger partial charge in [0.2, 0.25) is 5.91 Å². The molecule has 6 nitrogen and oxygen atoms in total. The number of aromatic nitrogens is 2. The molecule has 2 amide bonds. The monoisotopic (exact) mass is 312 g/mol. The van der Waals surface area contributed by atoms with Crippen molar-refractivity contribution in [1.82, 2.24) is 20.4 Å². The molecule has 1 saturated heterocycles. The lowest BCUT2D eigenvalue weighted by atomic mass is 10.1. The van der Waals surface area contributed by atoms with Crippen LogP contribution in [0.4, 0.5) is 0 Å². The topological polar surface area (TPSA) is 76.0 Å². The SMILES string of the molecule is O=C(NC1CCCCNC1=O)c1cnn(Cc2ccccc2)c1. The minimum atomic E-state index is -0.456. The first-order valence-electron chi connectivity index (χ1n) is 7.87. The van der Waals surface area contributed by atoms with E-state index in [1.165, 1.54) is 6.20 Å². The third-order valence-electron chi connectivity index (χ3n) is 3.92. The van der Waals surface area contributed by atoms with E-state index in [9.17, 15) is 9.59 Å². The molecule has 1 aliphatic heterocycles. The Labute approximate surface area is 134 Å². The van der Waals surface area contributed by atoms with Crippen molar-refractivity contribution in [3.63, 3.8) is 0 Å². The molecule has 1 aliphatic rings. The van der Waals surface area contributed by atoms with E-state index in [1.807, 2.05) is 30.3 Å². The highest BCUT2D eigenvalue weighted by Gasteiger charge is 2.23. The van der Waals surface area contributed by atoms with E-state index in [1.54, 1.807) is 10.9 Å². The molecule has 2 heterocycles. The average Bonchev–Trinajstić information content (AvgIpc) is 2.93. The summed E-state index contributed by atoms with van der Waals surface area (Å²) < 4.78 is 1.72. The Hall–Kier alpha value is -2.63. The van der Waals surface area contributed by atoms with Crippen molar-refractivity contribution in [3.8, 4) is 0 Å². The maximum absolute atomic E-state index is 12.3. The second kappa shape index (κ2) is 7.09. The van der Waals surface area contributed by atoms with Crippen LogP contribution in [-0.4, -0.2) is 34.2 Å². The Morgan fingerprint density at radius 1 is 1.30 bits per heavy atom. The minimum Gasteiger partial charge on any atom is -0.354 e. The van der Waals surface area contributed by atoms with Crippen LogP contribution in [0.1, 0.15) is 35.2 Å². The van der Waals surface area contributed by atoms with Gasteiger partial charge in [0.15, 0.2) is 0 Å². The van der Waals surface area contributed by atoms with E-state index in [-0.39, 0.29) is 11.8 Å². The van der Waals surface area contributed by atoms with E-state index < -0.39 is 6.04 Å².